The summed E-state index contributed by atoms with van der Waals surface area (Å²) in [6.07, 6.45) is 9.93. The van der Waals surface area contributed by atoms with Gasteiger partial charge in [-0.25, -0.2) is 0 Å². The van der Waals surface area contributed by atoms with Gasteiger partial charge in [0.2, 0.25) is 0 Å². The highest BCUT2D eigenvalue weighted by atomic mass is 16.3. The topological polar surface area (TPSA) is 20.2 Å². The Balaban J connectivity index is 2.15. The Labute approximate surface area is 94.3 Å². The van der Waals surface area contributed by atoms with E-state index >= 15 is 0 Å². The minimum atomic E-state index is 0.382. The maximum absolute atomic E-state index is 9.39. The SMILES string of the molecule is C[C@H](CO)C1CCCC2CCCCC21C. The van der Waals surface area contributed by atoms with Gasteiger partial charge in [0.15, 0.2) is 0 Å². The van der Waals surface area contributed by atoms with Crippen LogP contribution >= 0.6 is 0 Å². The van der Waals surface area contributed by atoms with Crippen LogP contribution in [0.15, 0.2) is 0 Å². The molecule has 0 aromatic rings. The second-order valence-corrected chi connectivity index (χ2v) is 6.15. The molecule has 3 unspecified atom stereocenters. The lowest BCUT2D eigenvalue weighted by molar-refractivity contribution is -0.0359. The van der Waals surface area contributed by atoms with Gasteiger partial charge in [0.05, 0.1) is 0 Å². The fraction of sp³-hybridized carbons (Fsp3) is 1.00. The maximum atomic E-state index is 9.39. The van der Waals surface area contributed by atoms with Gasteiger partial charge in [0.25, 0.3) is 0 Å². The molecule has 0 radical (unpaired) electrons. The van der Waals surface area contributed by atoms with Crippen molar-refractivity contribution in [3.8, 4) is 0 Å². The van der Waals surface area contributed by atoms with Crippen molar-refractivity contribution in [3.63, 3.8) is 0 Å². The summed E-state index contributed by atoms with van der Waals surface area (Å²) in [7, 11) is 0. The number of hydrogen-bond donors (Lipinski definition) is 1. The Kier molecular flexibility index (Phi) is 3.39. The van der Waals surface area contributed by atoms with Gasteiger partial charge in [0, 0.05) is 6.61 Å². The van der Waals surface area contributed by atoms with Crippen LogP contribution in [-0.2, 0) is 0 Å². The molecule has 1 nitrogen and oxygen atoms in total. The first-order valence-corrected chi connectivity index (χ1v) is 6.79. The summed E-state index contributed by atoms with van der Waals surface area (Å²) in [4.78, 5) is 0. The van der Waals surface area contributed by atoms with Gasteiger partial charge < -0.3 is 5.11 Å². The van der Waals surface area contributed by atoms with Crippen LogP contribution in [0.3, 0.4) is 0 Å². The number of rotatable bonds is 2. The molecule has 1 heteroatoms. The molecule has 0 spiro atoms. The molecule has 0 aliphatic heterocycles. The normalized spacial score (nSPS) is 43.4. The minimum absolute atomic E-state index is 0.382. The van der Waals surface area contributed by atoms with Gasteiger partial charge in [-0.2, -0.15) is 0 Å². The first-order valence-electron chi connectivity index (χ1n) is 6.79. The molecule has 2 saturated carbocycles. The van der Waals surface area contributed by atoms with E-state index in [1.165, 1.54) is 44.9 Å². The van der Waals surface area contributed by atoms with E-state index in [0.29, 0.717) is 17.9 Å². The van der Waals surface area contributed by atoms with Crippen LogP contribution in [0.5, 0.6) is 0 Å². The summed E-state index contributed by atoms with van der Waals surface area (Å²) in [5.74, 6) is 2.25. The van der Waals surface area contributed by atoms with Gasteiger partial charge in [-0.05, 0) is 48.9 Å². The molecule has 1 N–H and O–H groups in total. The van der Waals surface area contributed by atoms with Gasteiger partial charge in [0.1, 0.15) is 0 Å². The fourth-order valence-corrected chi connectivity index (χ4v) is 4.37. The van der Waals surface area contributed by atoms with Crippen molar-refractivity contribution < 1.29 is 5.11 Å². The molecule has 4 atom stereocenters. The second-order valence-electron chi connectivity index (χ2n) is 6.15. The summed E-state index contributed by atoms with van der Waals surface area (Å²) in [6, 6.07) is 0. The lowest BCUT2D eigenvalue weighted by Gasteiger charge is -2.52. The lowest BCUT2D eigenvalue weighted by atomic mass is 9.53. The number of aliphatic hydroxyl groups excluding tert-OH is 1. The highest BCUT2D eigenvalue weighted by Gasteiger charge is 2.46. The van der Waals surface area contributed by atoms with Crippen molar-refractivity contribution in [3.05, 3.63) is 0 Å². The third kappa shape index (κ3) is 1.95. The summed E-state index contributed by atoms with van der Waals surface area (Å²) in [6.45, 7) is 5.13. The van der Waals surface area contributed by atoms with E-state index in [1.807, 2.05) is 0 Å². The van der Waals surface area contributed by atoms with E-state index in [-0.39, 0.29) is 0 Å². The molecular formula is C14H26O. The molecule has 2 rings (SSSR count). The number of fused-ring (bicyclic) bond motifs is 1. The molecule has 0 aromatic heterocycles. The van der Waals surface area contributed by atoms with Crippen LogP contribution in [0.1, 0.15) is 58.8 Å². The summed E-state index contributed by atoms with van der Waals surface area (Å²) < 4.78 is 0. The van der Waals surface area contributed by atoms with Crippen LogP contribution in [0, 0.1) is 23.2 Å². The Hall–Kier alpha value is -0.0400. The highest BCUT2D eigenvalue weighted by Crippen LogP contribution is 2.55. The molecule has 0 heterocycles. The van der Waals surface area contributed by atoms with Crippen molar-refractivity contribution in [1.29, 1.82) is 0 Å². The van der Waals surface area contributed by atoms with Crippen molar-refractivity contribution >= 4 is 0 Å². The summed E-state index contributed by atoms with van der Waals surface area (Å²) in [5.41, 5.74) is 0.554. The molecule has 0 bridgehead atoms. The average Bonchev–Trinajstić information content (AvgIpc) is 2.26. The third-order valence-electron chi connectivity index (χ3n) is 5.34. The fourth-order valence-electron chi connectivity index (χ4n) is 4.37. The monoisotopic (exact) mass is 210 g/mol. The quantitative estimate of drug-likeness (QED) is 0.738. The third-order valence-corrected chi connectivity index (χ3v) is 5.34. The van der Waals surface area contributed by atoms with E-state index in [9.17, 15) is 5.11 Å². The number of hydrogen-bond acceptors (Lipinski definition) is 1. The first-order chi connectivity index (χ1) is 7.18. The Morgan fingerprint density at radius 2 is 1.93 bits per heavy atom. The predicted molar refractivity (Wildman–Crippen MR) is 63.7 cm³/mol. The Bertz CT molecular complexity index is 211. The van der Waals surface area contributed by atoms with Crippen molar-refractivity contribution in [2.45, 2.75) is 58.8 Å². The van der Waals surface area contributed by atoms with E-state index in [2.05, 4.69) is 13.8 Å². The van der Waals surface area contributed by atoms with E-state index in [4.69, 9.17) is 0 Å². The maximum Gasteiger partial charge on any atom is 0.0459 e. The molecule has 0 saturated heterocycles. The zero-order valence-corrected chi connectivity index (χ0v) is 10.3. The highest BCUT2D eigenvalue weighted by molar-refractivity contribution is 4.96. The molecule has 88 valence electrons. The van der Waals surface area contributed by atoms with E-state index < -0.39 is 0 Å². The van der Waals surface area contributed by atoms with Crippen LogP contribution in [-0.4, -0.2) is 11.7 Å². The lowest BCUT2D eigenvalue weighted by Crippen LogP contribution is -2.44. The summed E-state index contributed by atoms with van der Waals surface area (Å²) in [5, 5.41) is 9.39. The van der Waals surface area contributed by atoms with E-state index in [1.54, 1.807) is 0 Å². The molecular weight excluding hydrogens is 184 g/mol. The zero-order chi connectivity index (χ0) is 10.9. The molecule has 2 fully saturated rings. The van der Waals surface area contributed by atoms with Gasteiger partial charge in [-0.3, -0.25) is 0 Å². The van der Waals surface area contributed by atoms with Crippen LogP contribution in [0.25, 0.3) is 0 Å². The van der Waals surface area contributed by atoms with Crippen molar-refractivity contribution in [2.75, 3.05) is 6.61 Å². The van der Waals surface area contributed by atoms with E-state index in [0.717, 1.165) is 11.8 Å². The zero-order valence-electron chi connectivity index (χ0n) is 10.3. The van der Waals surface area contributed by atoms with Gasteiger partial charge in [-0.15, -0.1) is 0 Å². The van der Waals surface area contributed by atoms with Crippen LogP contribution < -0.4 is 0 Å². The van der Waals surface area contributed by atoms with Crippen molar-refractivity contribution in [2.24, 2.45) is 23.2 Å². The molecule has 0 amide bonds. The molecule has 2 aliphatic carbocycles. The second kappa shape index (κ2) is 4.45. The Morgan fingerprint density at radius 3 is 2.67 bits per heavy atom. The Morgan fingerprint density at radius 1 is 1.20 bits per heavy atom. The molecule has 15 heavy (non-hydrogen) atoms. The smallest absolute Gasteiger partial charge is 0.0459 e. The first kappa shape index (κ1) is 11.4. The summed E-state index contributed by atoms with van der Waals surface area (Å²) >= 11 is 0. The van der Waals surface area contributed by atoms with Gasteiger partial charge >= 0.3 is 0 Å². The van der Waals surface area contributed by atoms with Crippen LogP contribution in [0.2, 0.25) is 0 Å². The minimum Gasteiger partial charge on any atom is -0.396 e. The average molecular weight is 210 g/mol. The molecule has 2 aliphatic rings. The standard InChI is InChI=1S/C14H26O/c1-11(10-15)13-8-5-7-12-6-3-4-9-14(12,13)2/h11-13,15H,3-10H2,1-2H3/t11-,12?,13?,14?/m1/s1. The van der Waals surface area contributed by atoms with Crippen LogP contribution in [0.4, 0.5) is 0 Å². The largest absolute Gasteiger partial charge is 0.396 e. The predicted octanol–water partition coefficient (Wildman–Crippen LogP) is 3.61. The number of aliphatic hydroxyl groups is 1. The van der Waals surface area contributed by atoms with Crippen molar-refractivity contribution in [1.82, 2.24) is 0 Å². The molecule has 0 aromatic carbocycles. The van der Waals surface area contributed by atoms with Gasteiger partial charge in [-0.1, -0.05) is 33.1 Å².